The molecule has 0 bridgehead atoms. The Kier molecular flexibility index (Phi) is 5.74. The molecule has 1 aromatic carbocycles. The summed E-state index contributed by atoms with van der Waals surface area (Å²) < 4.78 is 6.99. The van der Waals surface area contributed by atoms with E-state index in [9.17, 15) is 9.59 Å². The van der Waals surface area contributed by atoms with E-state index in [1.54, 1.807) is 24.1 Å². The van der Waals surface area contributed by atoms with Crippen molar-refractivity contribution in [3.8, 4) is 0 Å². The van der Waals surface area contributed by atoms with Crippen LogP contribution in [0.15, 0.2) is 45.6 Å². The van der Waals surface area contributed by atoms with Crippen LogP contribution in [0.3, 0.4) is 0 Å². The first-order valence-electron chi connectivity index (χ1n) is 9.32. The molecule has 0 unspecified atom stereocenters. The maximum absolute atomic E-state index is 13.1. The van der Waals surface area contributed by atoms with Crippen molar-refractivity contribution in [2.75, 3.05) is 7.05 Å². The molecular weight excluding hydrogens is 342 g/mol. The van der Waals surface area contributed by atoms with Gasteiger partial charge in [0.15, 0.2) is 5.69 Å². The summed E-state index contributed by atoms with van der Waals surface area (Å²) in [5, 5.41) is 5.53. The second-order valence-corrected chi connectivity index (χ2v) is 6.80. The Labute approximate surface area is 158 Å². The van der Waals surface area contributed by atoms with E-state index in [4.69, 9.17) is 4.42 Å². The summed E-state index contributed by atoms with van der Waals surface area (Å²) in [6, 6.07) is 10.9. The SMILES string of the molecule is CCCCCn1nc(C(=O)N(C)Cc2ccc(C)o2)c2ccccc2c1=O. The first kappa shape index (κ1) is 18.9. The van der Waals surface area contributed by atoms with Crippen LogP contribution < -0.4 is 5.56 Å². The fraction of sp³-hybridized carbons (Fsp3) is 0.381. The topological polar surface area (TPSA) is 68.3 Å². The first-order chi connectivity index (χ1) is 13.0. The van der Waals surface area contributed by atoms with Crippen LogP contribution in [0.2, 0.25) is 0 Å². The molecule has 3 rings (SSSR count). The fourth-order valence-electron chi connectivity index (χ4n) is 3.11. The van der Waals surface area contributed by atoms with Gasteiger partial charge in [-0.3, -0.25) is 9.59 Å². The van der Waals surface area contributed by atoms with Crippen LogP contribution >= 0.6 is 0 Å². The van der Waals surface area contributed by atoms with Crippen LogP contribution in [0.25, 0.3) is 10.8 Å². The average molecular weight is 367 g/mol. The molecule has 0 fully saturated rings. The lowest BCUT2D eigenvalue weighted by Gasteiger charge is -2.17. The van der Waals surface area contributed by atoms with Gasteiger partial charge < -0.3 is 9.32 Å². The molecule has 0 N–H and O–H groups in total. The van der Waals surface area contributed by atoms with Crippen molar-refractivity contribution < 1.29 is 9.21 Å². The number of carbonyl (C=O) groups excluding carboxylic acids is 1. The molecular formula is C21H25N3O3. The molecule has 2 aromatic heterocycles. The summed E-state index contributed by atoms with van der Waals surface area (Å²) in [6.45, 7) is 4.83. The molecule has 3 aromatic rings. The number of fused-ring (bicyclic) bond motifs is 1. The molecule has 2 heterocycles. The third-order valence-corrected chi connectivity index (χ3v) is 4.58. The van der Waals surface area contributed by atoms with Gasteiger partial charge in [0, 0.05) is 19.0 Å². The van der Waals surface area contributed by atoms with E-state index in [-0.39, 0.29) is 11.5 Å². The largest absolute Gasteiger partial charge is 0.464 e. The lowest BCUT2D eigenvalue weighted by Crippen LogP contribution is -2.32. The van der Waals surface area contributed by atoms with E-state index < -0.39 is 0 Å². The Morgan fingerprint density at radius 2 is 1.89 bits per heavy atom. The zero-order valence-electron chi connectivity index (χ0n) is 16.1. The average Bonchev–Trinajstić information content (AvgIpc) is 3.08. The molecule has 0 aliphatic rings. The fourth-order valence-corrected chi connectivity index (χ4v) is 3.11. The highest BCUT2D eigenvalue weighted by atomic mass is 16.3. The van der Waals surface area contributed by atoms with Crippen LogP contribution in [-0.4, -0.2) is 27.6 Å². The van der Waals surface area contributed by atoms with Crippen LogP contribution in [-0.2, 0) is 13.1 Å². The Morgan fingerprint density at radius 3 is 2.56 bits per heavy atom. The molecule has 1 amide bonds. The maximum atomic E-state index is 13.1. The highest BCUT2D eigenvalue weighted by molar-refractivity contribution is 6.04. The lowest BCUT2D eigenvalue weighted by molar-refractivity contribution is 0.0768. The number of aromatic nitrogens is 2. The van der Waals surface area contributed by atoms with Crippen molar-refractivity contribution in [2.45, 2.75) is 46.2 Å². The predicted molar refractivity (Wildman–Crippen MR) is 105 cm³/mol. The van der Waals surface area contributed by atoms with Gasteiger partial charge in [0.1, 0.15) is 11.5 Å². The van der Waals surface area contributed by atoms with E-state index >= 15 is 0 Å². The number of amides is 1. The highest BCUT2D eigenvalue weighted by Crippen LogP contribution is 2.17. The summed E-state index contributed by atoms with van der Waals surface area (Å²) in [5.41, 5.74) is 0.148. The van der Waals surface area contributed by atoms with E-state index in [2.05, 4.69) is 12.0 Å². The normalized spacial score (nSPS) is 11.1. The molecule has 0 aliphatic heterocycles. The van der Waals surface area contributed by atoms with E-state index in [1.807, 2.05) is 31.2 Å². The summed E-state index contributed by atoms with van der Waals surface area (Å²) in [6.07, 6.45) is 2.93. The van der Waals surface area contributed by atoms with Crippen LogP contribution in [0, 0.1) is 6.92 Å². The quantitative estimate of drug-likeness (QED) is 0.596. The highest BCUT2D eigenvalue weighted by Gasteiger charge is 2.20. The molecule has 0 atom stereocenters. The van der Waals surface area contributed by atoms with Gasteiger partial charge in [0.25, 0.3) is 11.5 Å². The smallest absolute Gasteiger partial charge is 0.275 e. The summed E-state index contributed by atoms with van der Waals surface area (Å²) in [7, 11) is 1.71. The van der Waals surface area contributed by atoms with Crippen molar-refractivity contribution >= 4 is 16.7 Å². The van der Waals surface area contributed by atoms with Gasteiger partial charge in [-0.1, -0.05) is 38.0 Å². The molecule has 0 saturated carbocycles. The summed E-state index contributed by atoms with van der Waals surface area (Å²) >= 11 is 0. The Bertz CT molecular complexity index is 1000. The predicted octanol–water partition coefficient (Wildman–Crippen LogP) is 3.76. The van der Waals surface area contributed by atoms with Gasteiger partial charge in [0.2, 0.25) is 0 Å². The van der Waals surface area contributed by atoms with E-state index in [0.717, 1.165) is 25.0 Å². The van der Waals surface area contributed by atoms with Gasteiger partial charge in [-0.25, -0.2) is 4.68 Å². The van der Waals surface area contributed by atoms with Crippen LogP contribution in [0.4, 0.5) is 0 Å². The Morgan fingerprint density at radius 1 is 1.15 bits per heavy atom. The van der Waals surface area contributed by atoms with Crippen LogP contribution in [0.5, 0.6) is 0 Å². The van der Waals surface area contributed by atoms with Crippen LogP contribution in [0.1, 0.15) is 48.2 Å². The number of carbonyl (C=O) groups is 1. The maximum Gasteiger partial charge on any atom is 0.275 e. The number of unbranched alkanes of at least 4 members (excludes halogenated alkanes) is 2. The van der Waals surface area contributed by atoms with Gasteiger partial charge >= 0.3 is 0 Å². The van der Waals surface area contributed by atoms with Crippen molar-refractivity contribution in [2.24, 2.45) is 0 Å². The third kappa shape index (κ3) is 4.10. The third-order valence-electron chi connectivity index (χ3n) is 4.58. The number of hydrogen-bond donors (Lipinski definition) is 0. The van der Waals surface area contributed by atoms with E-state index in [0.29, 0.717) is 35.3 Å². The second-order valence-electron chi connectivity index (χ2n) is 6.80. The number of furan rings is 1. The first-order valence-corrected chi connectivity index (χ1v) is 9.32. The van der Waals surface area contributed by atoms with Crippen molar-refractivity contribution in [1.82, 2.24) is 14.7 Å². The standard InChI is InChI=1S/C21H25N3O3/c1-4-5-8-13-24-20(25)18-10-7-6-9-17(18)19(22-24)21(26)23(3)14-16-12-11-15(2)27-16/h6-7,9-12H,4-5,8,13-14H2,1-3H3. The number of aryl methyl sites for hydroxylation is 2. The molecule has 27 heavy (non-hydrogen) atoms. The molecule has 0 saturated heterocycles. The van der Waals surface area contributed by atoms with Gasteiger partial charge in [0.05, 0.1) is 11.9 Å². The number of hydrogen-bond acceptors (Lipinski definition) is 4. The summed E-state index contributed by atoms with van der Waals surface area (Å²) in [4.78, 5) is 27.4. The molecule has 6 heteroatoms. The molecule has 0 radical (unpaired) electrons. The van der Waals surface area contributed by atoms with Crippen molar-refractivity contribution in [3.63, 3.8) is 0 Å². The number of benzene rings is 1. The zero-order chi connectivity index (χ0) is 19.4. The van der Waals surface area contributed by atoms with Crippen molar-refractivity contribution in [3.05, 3.63) is 64.0 Å². The Balaban J connectivity index is 1.97. The molecule has 0 aliphatic carbocycles. The van der Waals surface area contributed by atoms with Gasteiger partial charge in [-0.05, 0) is 31.5 Å². The van der Waals surface area contributed by atoms with E-state index in [1.165, 1.54) is 4.68 Å². The summed E-state index contributed by atoms with van der Waals surface area (Å²) in [5.74, 6) is 1.28. The molecule has 0 spiro atoms. The monoisotopic (exact) mass is 367 g/mol. The lowest BCUT2D eigenvalue weighted by atomic mass is 10.1. The number of rotatable bonds is 7. The molecule has 142 valence electrons. The van der Waals surface area contributed by atoms with Gasteiger partial charge in [-0.15, -0.1) is 0 Å². The minimum Gasteiger partial charge on any atom is -0.464 e. The minimum absolute atomic E-state index is 0.150. The molecule has 6 nitrogen and oxygen atoms in total. The minimum atomic E-state index is -0.232. The Hall–Kier alpha value is -2.89. The van der Waals surface area contributed by atoms with Crippen molar-refractivity contribution in [1.29, 1.82) is 0 Å². The second kappa shape index (κ2) is 8.20. The van der Waals surface area contributed by atoms with Gasteiger partial charge in [-0.2, -0.15) is 5.10 Å². The number of nitrogens with zero attached hydrogens (tertiary/aromatic N) is 3. The zero-order valence-corrected chi connectivity index (χ0v) is 16.1.